The fourth-order valence-corrected chi connectivity index (χ4v) is 2.26. The minimum Gasteiger partial charge on any atom is -0.507 e. The molecule has 0 saturated carbocycles. The van der Waals surface area contributed by atoms with Gasteiger partial charge in [-0.25, -0.2) is 0 Å². The van der Waals surface area contributed by atoms with E-state index in [2.05, 4.69) is 0 Å². The largest absolute Gasteiger partial charge is 0.507 e. The fourth-order valence-electron chi connectivity index (χ4n) is 2.26. The van der Waals surface area contributed by atoms with Gasteiger partial charge in [0.15, 0.2) is 5.78 Å². The Kier molecular flexibility index (Phi) is 4.99. The van der Waals surface area contributed by atoms with Crippen LogP contribution in [0.4, 0.5) is 0 Å². The number of ether oxygens (including phenoxy) is 2. The number of rotatable bonds is 4. The second-order valence-electron chi connectivity index (χ2n) is 5.02. The summed E-state index contributed by atoms with van der Waals surface area (Å²) in [5, 5.41) is 48.1. The number of benzene rings is 1. The number of hydrogen-bond acceptors (Lipinski definition) is 8. The van der Waals surface area contributed by atoms with Gasteiger partial charge in [-0.1, -0.05) is 6.07 Å². The Bertz CT molecular complexity index is 544. The number of phenols is 1. The van der Waals surface area contributed by atoms with E-state index in [1.165, 1.54) is 25.1 Å². The highest BCUT2D eigenvalue weighted by Crippen LogP contribution is 2.31. The highest BCUT2D eigenvalue weighted by atomic mass is 16.7. The second kappa shape index (κ2) is 6.59. The number of carbonyl (C=O) groups excluding carboxylic acids is 1. The fraction of sp³-hybridized carbons (Fsp3) is 0.500. The van der Waals surface area contributed by atoms with Crippen molar-refractivity contribution in [1.29, 1.82) is 0 Å². The molecule has 1 aliphatic rings. The zero-order valence-corrected chi connectivity index (χ0v) is 11.8. The van der Waals surface area contributed by atoms with Gasteiger partial charge in [0.25, 0.3) is 0 Å². The lowest BCUT2D eigenvalue weighted by Gasteiger charge is -2.39. The number of aliphatic hydroxyl groups is 4. The molecule has 1 heterocycles. The monoisotopic (exact) mass is 314 g/mol. The third-order valence-corrected chi connectivity index (χ3v) is 3.45. The van der Waals surface area contributed by atoms with Gasteiger partial charge in [0.05, 0.1) is 6.61 Å². The van der Waals surface area contributed by atoms with Crippen molar-refractivity contribution in [2.24, 2.45) is 0 Å². The molecule has 2 rings (SSSR count). The summed E-state index contributed by atoms with van der Waals surface area (Å²) >= 11 is 0. The van der Waals surface area contributed by atoms with Gasteiger partial charge < -0.3 is 35.0 Å². The zero-order chi connectivity index (χ0) is 16.4. The molecular formula is C14H18O8. The van der Waals surface area contributed by atoms with Gasteiger partial charge in [-0.2, -0.15) is 0 Å². The highest BCUT2D eigenvalue weighted by Gasteiger charge is 2.45. The van der Waals surface area contributed by atoms with Gasteiger partial charge >= 0.3 is 0 Å². The van der Waals surface area contributed by atoms with Crippen molar-refractivity contribution < 1.29 is 39.8 Å². The summed E-state index contributed by atoms with van der Waals surface area (Å²) in [7, 11) is 0. The van der Waals surface area contributed by atoms with Crippen LogP contribution in [0.25, 0.3) is 0 Å². The molecule has 0 unspecified atom stereocenters. The SMILES string of the molecule is CC(=O)c1c(O)cccc1O[C@H]1O[C@H](CO)[C@H](O)[C@@H](O)[C@@H]1O. The Labute approximate surface area is 126 Å². The van der Waals surface area contributed by atoms with E-state index in [9.17, 15) is 25.2 Å². The molecule has 1 aliphatic heterocycles. The predicted octanol–water partition coefficient (Wildman–Crippen LogP) is -1.23. The summed E-state index contributed by atoms with van der Waals surface area (Å²) in [6, 6.07) is 4.12. The van der Waals surface area contributed by atoms with Crippen LogP contribution in [-0.2, 0) is 4.74 Å². The first-order valence-electron chi connectivity index (χ1n) is 6.67. The maximum absolute atomic E-state index is 11.6. The first-order valence-corrected chi connectivity index (χ1v) is 6.67. The molecule has 0 aliphatic carbocycles. The van der Waals surface area contributed by atoms with Crippen LogP contribution in [-0.4, -0.2) is 68.6 Å². The van der Waals surface area contributed by atoms with Crippen LogP contribution >= 0.6 is 0 Å². The van der Waals surface area contributed by atoms with E-state index in [-0.39, 0.29) is 17.1 Å². The van der Waals surface area contributed by atoms with Crippen molar-refractivity contribution in [2.75, 3.05) is 6.61 Å². The lowest BCUT2D eigenvalue weighted by molar-refractivity contribution is -0.277. The Balaban J connectivity index is 2.27. The van der Waals surface area contributed by atoms with Crippen molar-refractivity contribution in [3.63, 3.8) is 0 Å². The van der Waals surface area contributed by atoms with E-state index in [0.29, 0.717) is 0 Å². The molecule has 22 heavy (non-hydrogen) atoms. The van der Waals surface area contributed by atoms with E-state index in [1.54, 1.807) is 0 Å². The maximum atomic E-state index is 11.6. The van der Waals surface area contributed by atoms with E-state index in [4.69, 9.17) is 14.6 Å². The predicted molar refractivity (Wildman–Crippen MR) is 72.5 cm³/mol. The number of aromatic hydroxyl groups is 1. The van der Waals surface area contributed by atoms with Crippen LogP contribution in [0.3, 0.4) is 0 Å². The minimum atomic E-state index is -1.60. The van der Waals surface area contributed by atoms with E-state index < -0.39 is 43.1 Å². The smallest absolute Gasteiger partial charge is 0.229 e. The lowest BCUT2D eigenvalue weighted by atomic mass is 9.99. The third-order valence-electron chi connectivity index (χ3n) is 3.45. The van der Waals surface area contributed by atoms with E-state index in [0.717, 1.165) is 0 Å². The number of Topliss-reactive ketones (excluding diaryl/α,β-unsaturated/α-hetero) is 1. The van der Waals surface area contributed by atoms with Crippen molar-refractivity contribution in [2.45, 2.75) is 37.6 Å². The van der Waals surface area contributed by atoms with Crippen molar-refractivity contribution >= 4 is 5.78 Å². The lowest BCUT2D eigenvalue weighted by Crippen LogP contribution is -2.60. The minimum absolute atomic E-state index is 0.0446. The molecule has 0 amide bonds. The van der Waals surface area contributed by atoms with Crippen LogP contribution < -0.4 is 4.74 Å². The van der Waals surface area contributed by atoms with Crippen LogP contribution in [0.1, 0.15) is 17.3 Å². The van der Waals surface area contributed by atoms with E-state index in [1.807, 2.05) is 0 Å². The first kappa shape index (κ1) is 16.7. The topological polar surface area (TPSA) is 137 Å². The molecule has 1 aromatic carbocycles. The summed E-state index contributed by atoms with van der Waals surface area (Å²) in [5.41, 5.74) is -0.0977. The third kappa shape index (κ3) is 3.06. The average molecular weight is 314 g/mol. The van der Waals surface area contributed by atoms with Gasteiger partial charge in [0.2, 0.25) is 6.29 Å². The number of phenolic OH excluding ortho intramolecular Hbond substituents is 1. The number of ketones is 1. The molecule has 0 radical (unpaired) electrons. The summed E-state index contributed by atoms with van der Waals surface area (Å²) in [5.74, 6) is -0.802. The standard InChI is InChI=1S/C14H18O8/c1-6(16)10-7(17)3-2-4-8(10)21-14-13(20)12(19)11(18)9(5-15)22-14/h2-4,9,11-15,17-20H,5H2,1H3/t9-,11+,12-,13+,14+/m1/s1. The van der Waals surface area contributed by atoms with Crippen molar-refractivity contribution in [3.8, 4) is 11.5 Å². The Morgan fingerprint density at radius 2 is 1.91 bits per heavy atom. The summed E-state index contributed by atoms with van der Waals surface area (Å²) in [6.45, 7) is 0.639. The summed E-state index contributed by atoms with van der Waals surface area (Å²) in [6.07, 6.45) is -7.23. The Hall–Kier alpha value is -1.71. The molecule has 0 aromatic heterocycles. The molecule has 0 bridgehead atoms. The van der Waals surface area contributed by atoms with Gasteiger partial charge in [0.1, 0.15) is 41.5 Å². The van der Waals surface area contributed by atoms with Gasteiger partial charge in [-0.15, -0.1) is 0 Å². The molecule has 8 heteroatoms. The first-order chi connectivity index (χ1) is 10.4. The van der Waals surface area contributed by atoms with E-state index >= 15 is 0 Å². The maximum Gasteiger partial charge on any atom is 0.229 e. The molecule has 1 aromatic rings. The molecule has 5 N–H and O–H groups in total. The van der Waals surface area contributed by atoms with Gasteiger partial charge in [0, 0.05) is 0 Å². The Morgan fingerprint density at radius 3 is 2.50 bits per heavy atom. The Morgan fingerprint density at radius 1 is 1.23 bits per heavy atom. The molecule has 122 valence electrons. The quantitative estimate of drug-likeness (QED) is 0.436. The van der Waals surface area contributed by atoms with Gasteiger partial charge in [-0.3, -0.25) is 4.79 Å². The van der Waals surface area contributed by atoms with Crippen molar-refractivity contribution in [1.82, 2.24) is 0 Å². The highest BCUT2D eigenvalue weighted by molar-refractivity contribution is 5.99. The number of carbonyl (C=O) groups is 1. The molecule has 8 nitrogen and oxygen atoms in total. The van der Waals surface area contributed by atoms with Crippen LogP contribution in [0.5, 0.6) is 11.5 Å². The van der Waals surface area contributed by atoms with Gasteiger partial charge in [-0.05, 0) is 19.1 Å². The molecule has 5 atom stereocenters. The van der Waals surface area contributed by atoms with Crippen LogP contribution in [0.2, 0.25) is 0 Å². The normalized spacial score (nSPS) is 31.8. The number of aliphatic hydroxyl groups excluding tert-OH is 4. The molecule has 1 saturated heterocycles. The van der Waals surface area contributed by atoms with Crippen molar-refractivity contribution in [3.05, 3.63) is 23.8 Å². The zero-order valence-electron chi connectivity index (χ0n) is 11.8. The average Bonchev–Trinajstić information content (AvgIpc) is 2.47. The molecular weight excluding hydrogens is 296 g/mol. The molecule has 1 fully saturated rings. The molecule has 0 spiro atoms. The number of hydrogen-bond donors (Lipinski definition) is 5. The summed E-state index contributed by atoms with van der Waals surface area (Å²) < 4.78 is 10.5. The summed E-state index contributed by atoms with van der Waals surface area (Å²) in [4.78, 5) is 11.6. The van der Waals surface area contributed by atoms with Crippen LogP contribution in [0, 0.1) is 0 Å². The second-order valence-corrected chi connectivity index (χ2v) is 5.02. The van der Waals surface area contributed by atoms with Crippen LogP contribution in [0.15, 0.2) is 18.2 Å².